The number of hydrogen-bond donors (Lipinski definition) is 2. The van der Waals surface area contributed by atoms with E-state index in [9.17, 15) is 4.79 Å². The fourth-order valence-corrected chi connectivity index (χ4v) is 0.533. The molecule has 0 aromatic heterocycles. The summed E-state index contributed by atoms with van der Waals surface area (Å²) < 4.78 is 0. The number of likely N-dealkylation sites (N-methyl/N-ethyl adjacent to an activating group) is 1. The number of hydrogen-bond acceptors (Lipinski definition) is 3. The maximum absolute atomic E-state index is 10.3. The van der Waals surface area contributed by atoms with Crippen LogP contribution in [0.15, 0.2) is 0 Å². The van der Waals surface area contributed by atoms with Crippen LogP contribution in [0.3, 0.4) is 0 Å². The summed E-state index contributed by atoms with van der Waals surface area (Å²) in [4.78, 5) is 11.8. The summed E-state index contributed by atoms with van der Waals surface area (Å²) in [7, 11) is 3.37. The van der Waals surface area contributed by atoms with E-state index in [1.807, 2.05) is 0 Å². The Bertz CT molecular complexity index is 108. The number of nitrogens with two attached hydrogens (primary N) is 1. The van der Waals surface area contributed by atoms with Crippen LogP contribution in [0.2, 0.25) is 0 Å². The van der Waals surface area contributed by atoms with Crippen molar-refractivity contribution in [1.29, 1.82) is 0 Å². The van der Waals surface area contributed by atoms with Gasteiger partial charge in [0.25, 0.3) is 0 Å². The maximum Gasteiger partial charge on any atom is 0.322 e. The molecule has 3 N–H and O–H groups in total. The van der Waals surface area contributed by atoms with E-state index in [1.54, 1.807) is 19.0 Å². The molecule has 0 saturated heterocycles. The van der Waals surface area contributed by atoms with E-state index < -0.39 is 12.0 Å². The Morgan fingerprint density at radius 2 is 2.10 bits per heavy atom. The van der Waals surface area contributed by atoms with Crippen molar-refractivity contribution in [2.75, 3.05) is 20.6 Å². The van der Waals surface area contributed by atoms with E-state index in [-0.39, 0.29) is 19.0 Å². The van der Waals surface area contributed by atoms with Gasteiger partial charge in [-0.25, -0.2) is 0 Å². The average molecular weight is 169 g/mol. The molecule has 0 aliphatic carbocycles. The van der Waals surface area contributed by atoms with Crippen molar-refractivity contribution in [2.45, 2.75) is 6.04 Å². The summed E-state index contributed by atoms with van der Waals surface area (Å²) in [6.07, 6.45) is 0. The second-order valence-electron chi connectivity index (χ2n) is 2.05. The third-order valence-corrected chi connectivity index (χ3v) is 1.13. The Morgan fingerprint density at radius 3 is 2.10 bits per heavy atom. The molecule has 0 spiro atoms. The van der Waals surface area contributed by atoms with Crippen molar-refractivity contribution in [1.82, 2.24) is 4.90 Å². The Hall–Kier alpha value is -0.320. The van der Waals surface area contributed by atoms with Crippen molar-refractivity contribution >= 4 is 18.4 Å². The molecule has 0 fully saturated rings. The second kappa shape index (κ2) is 5.46. The Balaban J connectivity index is 0. The van der Waals surface area contributed by atoms with Crippen LogP contribution in [0.5, 0.6) is 0 Å². The molecular formula is C5H13ClN2O2. The molecule has 0 saturated carbocycles. The SMILES string of the molecule is CN(C)C(CN)C(=O)O.Cl. The van der Waals surface area contributed by atoms with Crippen LogP contribution in [0.25, 0.3) is 0 Å². The number of rotatable bonds is 3. The van der Waals surface area contributed by atoms with Gasteiger partial charge in [0.15, 0.2) is 0 Å². The first-order valence-corrected chi connectivity index (χ1v) is 2.69. The topological polar surface area (TPSA) is 66.6 Å². The molecule has 5 heteroatoms. The van der Waals surface area contributed by atoms with Crippen LogP contribution in [-0.4, -0.2) is 42.7 Å². The number of carboxylic acid groups (broad SMARTS) is 1. The van der Waals surface area contributed by atoms with E-state index in [1.165, 1.54) is 0 Å². The minimum atomic E-state index is -0.873. The van der Waals surface area contributed by atoms with Gasteiger partial charge in [0, 0.05) is 6.54 Å². The predicted molar refractivity (Wildman–Crippen MR) is 41.4 cm³/mol. The quantitative estimate of drug-likeness (QED) is 0.590. The van der Waals surface area contributed by atoms with Crippen LogP contribution in [0.4, 0.5) is 0 Å². The molecule has 0 aromatic carbocycles. The van der Waals surface area contributed by atoms with E-state index >= 15 is 0 Å². The van der Waals surface area contributed by atoms with E-state index in [4.69, 9.17) is 10.8 Å². The lowest BCUT2D eigenvalue weighted by Crippen LogP contribution is -2.41. The Morgan fingerprint density at radius 1 is 1.70 bits per heavy atom. The zero-order chi connectivity index (χ0) is 7.44. The minimum absolute atomic E-state index is 0. The number of halogens is 1. The molecule has 0 bridgehead atoms. The second-order valence-corrected chi connectivity index (χ2v) is 2.05. The number of carboxylic acids is 1. The van der Waals surface area contributed by atoms with Crippen molar-refractivity contribution in [3.8, 4) is 0 Å². The molecule has 0 amide bonds. The first-order chi connectivity index (χ1) is 4.09. The van der Waals surface area contributed by atoms with E-state index in [2.05, 4.69) is 0 Å². The van der Waals surface area contributed by atoms with Gasteiger partial charge in [-0.15, -0.1) is 12.4 Å². The Labute approximate surface area is 66.4 Å². The largest absolute Gasteiger partial charge is 0.480 e. The molecule has 0 aliphatic heterocycles. The molecule has 4 nitrogen and oxygen atoms in total. The highest BCUT2D eigenvalue weighted by molar-refractivity contribution is 5.85. The molecular weight excluding hydrogens is 156 g/mol. The normalized spacial score (nSPS) is 12.4. The van der Waals surface area contributed by atoms with Crippen LogP contribution in [0.1, 0.15) is 0 Å². The summed E-state index contributed by atoms with van der Waals surface area (Å²) in [5.74, 6) is -0.873. The van der Waals surface area contributed by atoms with Gasteiger partial charge < -0.3 is 10.8 Å². The van der Waals surface area contributed by atoms with Crippen molar-refractivity contribution in [3.05, 3.63) is 0 Å². The molecule has 1 atom stereocenters. The first kappa shape index (κ1) is 12.4. The molecule has 0 radical (unpaired) electrons. The third-order valence-electron chi connectivity index (χ3n) is 1.13. The molecule has 0 heterocycles. The van der Waals surface area contributed by atoms with Gasteiger partial charge in [-0.05, 0) is 14.1 Å². The van der Waals surface area contributed by atoms with Crippen molar-refractivity contribution < 1.29 is 9.90 Å². The van der Waals surface area contributed by atoms with Crippen LogP contribution in [0, 0.1) is 0 Å². The van der Waals surface area contributed by atoms with Gasteiger partial charge in [-0.2, -0.15) is 0 Å². The molecule has 0 rings (SSSR count). The number of carbonyl (C=O) groups is 1. The Kier molecular flexibility index (Phi) is 6.76. The molecule has 10 heavy (non-hydrogen) atoms. The molecule has 1 unspecified atom stereocenters. The average Bonchev–Trinajstić information content (AvgIpc) is 1.64. The van der Waals surface area contributed by atoms with Gasteiger partial charge >= 0.3 is 5.97 Å². The predicted octanol–water partition coefficient (Wildman–Crippen LogP) is -0.618. The first-order valence-electron chi connectivity index (χ1n) is 2.69. The van der Waals surface area contributed by atoms with E-state index in [0.29, 0.717) is 0 Å². The van der Waals surface area contributed by atoms with Crippen LogP contribution < -0.4 is 5.73 Å². The van der Waals surface area contributed by atoms with Gasteiger partial charge in [-0.1, -0.05) is 0 Å². The number of nitrogens with zero attached hydrogens (tertiary/aromatic N) is 1. The fraction of sp³-hybridized carbons (Fsp3) is 0.800. The summed E-state index contributed by atoms with van der Waals surface area (Å²) in [6.45, 7) is 0.155. The maximum atomic E-state index is 10.3. The van der Waals surface area contributed by atoms with Crippen LogP contribution >= 0.6 is 12.4 Å². The lowest BCUT2D eigenvalue weighted by Gasteiger charge is -2.16. The highest BCUT2D eigenvalue weighted by Gasteiger charge is 2.16. The highest BCUT2D eigenvalue weighted by atomic mass is 35.5. The molecule has 62 valence electrons. The summed E-state index contributed by atoms with van der Waals surface area (Å²) in [5.41, 5.74) is 5.15. The summed E-state index contributed by atoms with van der Waals surface area (Å²) >= 11 is 0. The zero-order valence-electron chi connectivity index (χ0n) is 6.07. The van der Waals surface area contributed by atoms with E-state index in [0.717, 1.165) is 0 Å². The fourth-order valence-electron chi connectivity index (χ4n) is 0.533. The van der Waals surface area contributed by atoms with Gasteiger partial charge in [-0.3, -0.25) is 9.69 Å². The summed E-state index contributed by atoms with van der Waals surface area (Å²) in [6, 6.07) is -0.551. The monoisotopic (exact) mass is 168 g/mol. The standard InChI is InChI=1S/C5H12N2O2.ClH/c1-7(2)4(3-6)5(8)9;/h4H,3,6H2,1-2H3,(H,8,9);1H. The van der Waals surface area contributed by atoms with Crippen molar-refractivity contribution in [3.63, 3.8) is 0 Å². The lowest BCUT2D eigenvalue weighted by molar-refractivity contribution is -0.141. The van der Waals surface area contributed by atoms with Gasteiger partial charge in [0.2, 0.25) is 0 Å². The minimum Gasteiger partial charge on any atom is -0.480 e. The van der Waals surface area contributed by atoms with Crippen molar-refractivity contribution in [2.24, 2.45) is 5.73 Å². The highest BCUT2D eigenvalue weighted by Crippen LogP contribution is 1.88. The summed E-state index contributed by atoms with van der Waals surface area (Å²) in [5, 5.41) is 8.42. The van der Waals surface area contributed by atoms with Gasteiger partial charge in [0.1, 0.15) is 6.04 Å². The lowest BCUT2D eigenvalue weighted by atomic mass is 10.3. The smallest absolute Gasteiger partial charge is 0.322 e. The van der Waals surface area contributed by atoms with Gasteiger partial charge in [0.05, 0.1) is 0 Å². The zero-order valence-corrected chi connectivity index (χ0v) is 6.89. The number of aliphatic carboxylic acids is 1. The van der Waals surface area contributed by atoms with Crippen LogP contribution in [-0.2, 0) is 4.79 Å². The third kappa shape index (κ3) is 3.66. The molecule has 0 aliphatic rings. The molecule has 0 aromatic rings.